The van der Waals surface area contributed by atoms with Crippen LogP contribution in [-0.2, 0) is 17.6 Å². The van der Waals surface area contributed by atoms with E-state index in [1.807, 2.05) is 57.3 Å². The predicted octanol–water partition coefficient (Wildman–Crippen LogP) is 4.19. The highest BCUT2D eigenvalue weighted by molar-refractivity contribution is 7.15. The molecule has 1 amide bonds. The Morgan fingerprint density at radius 2 is 1.88 bits per heavy atom. The van der Waals surface area contributed by atoms with Gasteiger partial charge >= 0.3 is 0 Å². The van der Waals surface area contributed by atoms with Gasteiger partial charge in [-0.15, -0.1) is 11.3 Å². The van der Waals surface area contributed by atoms with Crippen molar-refractivity contribution in [1.82, 2.24) is 9.38 Å². The average Bonchev–Trinajstić information content (AvgIpc) is 3.37. The first kappa shape index (κ1) is 15.3. The van der Waals surface area contributed by atoms with Gasteiger partial charge in [0.2, 0.25) is 5.91 Å². The van der Waals surface area contributed by atoms with Gasteiger partial charge in [0.15, 0.2) is 4.96 Å². The van der Waals surface area contributed by atoms with Gasteiger partial charge in [0.05, 0.1) is 12.1 Å². The maximum Gasteiger partial charge on any atom is 0.232 e. The Labute approximate surface area is 155 Å². The number of aromatic nitrogens is 2. The van der Waals surface area contributed by atoms with Crippen molar-refractivity contribution in [2.24, 2.45) is 0 Å². The summed E-state index contributed by atoms with van der Waals surface area (Å²) in [6.07, 6.45) is 3.35. The van der Waals surface area contributed by atoms with Crippen LogP contribution in [0.1, 0.15) is 11.3 Å². The molecule has 5 rings (SSSR count). The number of carbonyl (C=O) groups is 1. The molecular formula is C21H17N3OS. The molecule has 0 N–H and O–H groups in total. The van der Waals surface area contributed by atoms with Gasteiger partial charge in [-0.25, -0.2) is 4.98 Å². The van der Waals surface area contributed by atoms with Crippen molar-refractivity contribution in [1.29, 1.82) is 0 Å². The summed E-state index contributed by atoms with van der Waals surface area (Å²) >= 11 is 1.58. The molecule has 0 aliphatic carbocycles. The molecule has 26 heavy (non-hydrogen) atoms. The number of anilines is 1. The van der Waals surface area contributed by atoms with Crippen LogP contribution in [0.5, 0.6) is 0 Å². The molecule has 2 aromatic carbocycles. The lowest BCUT2D eigenvalue weighted by molar-refractivity contribution is -0.117. The second-order valence-corrected chi connectivity index (χ2v) is 7.31. The SMILES string of the molecule is O=C(Cc1csc2nc(-c3ccccc3)cn12)N1CCc2ccccc21. The van der Waals surface area contributed by atoms with E-state index in [-0.39, 0.29) is 5.91 Å². The third kappa shape index (κ3) is 2.52. The van der Waals surface area contributed by atoms with Crippen LogP contribution in [-0.4, -0.2) is 21.8 Å². The first-order valence-corrected chi connectivity index (χ1v) is 9.57. The van der Waals surface area contributed by atoms with Crippen LogP contribution >= 0.6 is 11.3 Å². The highest BCUT2D eigenvalue weighted by Crippen LogP contribution is 2.29. The summed E-state index contributed by atoms with van der Waals surface area (Å²) in [6, 6.07) is 18.3. The van der Waals surface area contributed by atoms with Crippen LogP contribution < -0.4 is 4.90 Å². The number of amides is 1. The largest absolute Gasteiger partial charge is 0.311 e. The van der Waals surface area contributed by atoms with Crippen LogP contribution in [0.2, 0.25) is 0 Å². The number of hydrogen-bond acceptors (Lipinski definition) is 3. The van der Waals surface area contributed by atoms with Gasteiger partial charge in [0.1, 0.15) is 0 Å². The minimum atomic E-state index is 0.143. The van der Waals surface area contributed by atoms with E-state index in [1.54, 1.807) is 11.3 Å². The maximum atomic E-state index is 12.9. The summed E-state index contributed by atoms with van der Waals surface area (Å²) in [5.41, 5.74) is 5.34. The van der Waals surface area contributed by atoms with Crippen LogP contribution in [0, 0.1) is 0 Å². The van der Waals surface area contributed by atoms with Crippen LogP contribution in [0.4, 0.5) is 5.69 Å². The maximum absolute atomic E-state index is 12.9. The van der Waals surface area contributed by atoms with E-state index in [0.717, 1.165) is 40.6 Å². The molecule has 0 radical (unpaired) electrons. The second-order valence-electron chi connectivity index (χ2n) is 6.47. The standard InChI is InChI=1S/C21H17N3OS/c25-20(23-11-10-16-8-4-5-9-19(16)23)12-17-14-26-21-22-18(13-24(17)21)15-6-2-1-3-7-15/h1-9,13-14H,10-12H2. The van der Waals surface area contributed by atoms with E-state index in [2.05, 4.69) is 18.2 Å². The smallest absolute Gasteiger partial charge is 0.232 e. The lowest BCUT2D eigenvalue weighted by Gasteiger charge is -2.17. The normalized spacial score (nSPS) is 13.3. The number of imidazole rings is 1. The number of para-hydroxylation sites is 1. The van der Waals surface area contributed by atoms with Crippen molar-refractivity contribution in [3.63, 3.8) is 0 Å². The average molecular weight is 359 g/mol. The molecule has 0 atom stereocenters. The van der Waals surface area contributed by atoms with Gasteiger partial charge in [-0.3, -0.25) is 9.20 Å². The highest BCUT2D eigenvalue weighted by atomic mass is 32.1. The molecule has 2 aromatic heterocycles. The fourth-order valence-electron chi connectivity index (χ4n) is 3.55. The van der Waals surface area contributed by atoms with Gasteiger partial charge in [-0.05, 0) is 18.1 Å². The van der Waals surface area contributed by atoms with E-state index in [9.17, 15) is 4.79 Å². The number of fused-ring (bicyclic) bond motifs is 2. The summed E-state index contributed by atoms with van der Waals surface area (Å²) in [4.78, 5) is 20.4. The van der Waals surface area contributed by atoms with Gasteiger partial charge in [0.25, 0.3) is 0 Å². The van der Waals surface area contributed by atoms with Gasteiger partial charge in [0, 0.05) is 35.1 Å². The van der Waals surface area contributed by atoms with Crippen LogP contribution in [0.3, 0.4) is 0 Å². The summed E-state index contributed by atoms with van der Waals surface area (Å²) in [6.45, 7) is 0.769. The number of nitrogens with zero attached hydrogens (tertiary/aromatic N) is 3. The number of rotatable bonds is 3. The molecule has 0 unspecified atom stereocenters. The van der Waals surface area contributed by atoms with E-state index < -0.39 is 0 Å². The summed E-state index contributed by atoms with van der Waals surface area (Å²) in [5.74, 6) is 0.143. The zero-order valence-corrected chi connectivity index (χ0v) is 14.9. The van der Waals surface area contributed by atoms with Crippen molar-refractivity contribution in [3.8, 4) is 11.3 Å². The molecule has 1 aliphatic rings. The number of thiazole rings is 1. The summed E-state index contributed by atoms with van der Waals surface area (Å²) in [5, 5.41) is 2.04. The lowest BCUT2D eigenvalue weighted by Crippen LogP contribution is -2.30. The first-order valence-electron chi connectivity index (χ1n) is 8.69. The zero-order valence-electron chi connectivity index (χ0n) is 14.1. The Morgan fingerprint density at radius 3 is 2.77 bits per heavy atom. The fraction of sp³-hybridized carbons (Fsp3) is 0.143. The zero-order chi connectivity index (χ0) is 17.5. The Bertz CT molecular complexity index is 1100. The van der Waals surface area contributed by atoms with E-state index in [1.165, 1.54) is 5.56 Å². The van der Waals surface area contributed by atoms with Crippen molar-refractivity contribution in [3.05, 3.63) is 77.4 Å². The molecule has 0 saturated heterocycles. The fourth-order valence-corrected chi connectivity index (χ4v) is 4.43. The molecule has 0 fully saturated rings. The number of benzene rings is 2. The van der Waals surface area contributed by atoms with Gasteiger partial charge in [-0.1, -0.05) is 48.5 Å². The molecule has 5 heteroatoms. The van der Waals surface area contributed by atoms with Crippen LogP contribution in [0.25, 0.3) is 16.2 Å². The number of carbonyl (C=O) groups excluding carboxylic acids is 1. The molecule has 0 bridgehead atoms. The Morgan fingerprint density at radius 1 is 1.08 bits per heavy atom. The van der Waals surface area contributed by atoms with Crippen molar-refractivity contribution in [2.45, 2.75) is 12.8 Å². The van der Waals surface area contributed by atoms with Crippen molar-refractivity contribution >= 4 is 27.9 Å². The molecule has 1 aliphatic heterocycles. The van der Waals surface area contributed by atoms with Crippen molar-refractivity contribution in [2.75, 3.05) is 11.4 Å². The first-order chi connectivity index (χ1) is 12.8. The van der Waals surface area contributed by atoms with E-state index in [0.29, 0.717) is 6.42 Å². The summed E-state index contributed by atoms with van der Waals surface area (Å²) < 4.78 is 2.05. The lowest BCUT2D eigenvalue weighted by atomic mass is 10.2. The topological polar surface area (TPSA) is 37.6 Å². The molecule has 4 aromatic rings. The Balaban J connectivity index is 1.43. The molecule has 128 valence electrons. The minimum Gasteiger partial charge on any atom is -0.311 e. The van der Waals surface area contributed by atoms with Gasteiger partial charge in [-0.2, -0.15) is 0 Å². The van der Waals surface area contributed by atoms with E-state index in [4.69, 9.17) is 4.98 Å². The molecular weight excluding hydrogens is 342 g/mol. The highest BCUT2D eigenvalue weighted by Gasteiger charge is 2.25. The molecule has 0 spiro atoms. The molecule has 0 saturated carbocycles. The molecule has 4 nitrogen and oxygen atoms in total. The van der Waals surface area contributed by atoms with E-state index >= 15 is 0 Å². The third-order valence-electron chi connectivity index (χ3n) is 4.87. The number of hydrogen-bond donors (Lipinski definition) is 0. The Kier molecular flexibility index (Phi) is 3.60. The third-order valence-corrected chi connectivity index (χ3v) is 5.76. The second kappa shape index (κ2) is 6.11. The quantitative estimate of drug-likeness (QED) is 0.550. The van der Waals surface area contributed by atoms with Crippen LogP contribution in [0.15, 0.2) is 66.2 Å². The Hall–Kier alpha value is -2.92. The molecule has 3 heterocycles. The summed E-state index contributed by atoms with van der Waals surface area (Å²) in [7, 11) is 0. The predicted molar refractivity (Wildman–Crippen MR) is 105 cm³/mol. The monoisotopic (exact) mass is 359 g/mol. The van der Waals surface area contributed by atoms with Gasteiger partial charge < -0.3 is 4.90 Å². The van der Waals surface area contributed by atoms with Crippen molar-refractivity contribution < 1.29 is 4.79 Å². The minimum absolute atomic E-state index is 0.143.